The lowest BCUT2D eigenvalue weighted by atomic mass is 10.2. The number of likely N-dealkylation sites (N-methyl/N-ethyl adjacent to an activating group) is 1. The van der Waals surface area contributed by atoms with Crippen LogP contribution in [-0.4, -0.2) is 49.2 Å². The third kappa shape index (κ3) is 6.29. The molecule has 0 aliphatic rings. The Morgan fingerprint density at radius 3 is 2.52 bits per heavy atom. The van der Waals surface area contributed by atoms with Gasteiger partial charge in [0.15, 0.2) is 11.5 Å². The summed E-state index contributed by atoms with van der Waals surface area (Å²) >= 11 is 0. The highest BCUT2D eigenvalue weighted by Crippen LogP contribution is 2.28. The molecule has 7 nitrogen and oxygen atoms in total. The number of ether oxygens (including phenoxy) is 2. The van der Waals surface area contributed by atoms with E-state index in [0.29, 0.717) is 43.4 Å². The molecule has 0 radical (unpaired) electrons. The lowest BCUT2D eigenvalue weighted by Gasteiger charge is -2.16. The molecule has 1 N–H and O–H groups in total. The largest absolute Gasteiger partial charge is 0.490 e. The number of benzene rings is 1. The van der Waals surface area contributed by atoms with Crippen LogP contribution in [0, 0.1) is 0 Å². The SMILES string of the molecule is C=CCOc1ccc(C=NNC(=O)C(=O)N(CC)CC)cc1OCC. The fraction of sp³-hybridized carbons (Fsp3) is 0.389. The molecule has 0 aliphatic heterocycles. The summed E-state index contributed by atoms with van der Waals surface area (Å²) in [5.74, 6) is -0.209. The Labute approximate surface area is 148 Å². The first-order valence-electron chi connectivity index (χ1n) is 8.20. The van der Waals surface area contributed by atoms with Crippen molar-refractivity contribution in [2.45, 2.75) is 20.8 Å². The lowest BCUT2D eigenvalue weighted by Crippen LogP contribution is -2.41. The minimum Gasteiger partial charge on any atom is -0.490 e. The van der Waals surface area contributed by atoms with Crippen LogP contribution >= 0.6 is 0 Å². The van der Waals surface area contributed by atoms with Crippen LogP contribution in [0.3, 0.4) is 0 Å². The van der Waals surface area contributed by atoms with Crippen molar-refractivity contribution in [3.8, 4) is 11.5 Å². The number of hydrogen-bond acceptors (Lipinski definition) is 5. The standard InChI is InChI=1S/C18H25N3O4/c1-5-11-25-15-10-9-14(12-16(15)24-8-4)13-19-20-17(22)18(23)21(6-2)7-3/h5,9-10,12-13H,1,6-8,11H2,2-4H3,(H,20,22). The van der Waals surface area contributed by atoms with Crippen molar-refractivity contribution in [3.05, 3.63) is 36.4 Å². The quantitative estimate of drug-likeness (QED) is 0.320. The third-order valence-electron chi connectivity index (χ3n) is 3.25. The minimum atomic E-state index is -0.768. The van der Waals surface area contributed by atoms with E-state index in [2.05, 4.69) is 17.1 Å². The zero-order chi connectivity index (χ0) is 18.7. The van der Waals surface area contributed by atoms with Gasteiger partial charge < -0.3 is 14.4 Å². The molecule has 25 heavy (non-hydrogen) atoms. The van der Waals surface area contributed by atoms with Crippen molar-refractivity contribution < 1.29 is 19.1 Å². The van der Waals surface area contributed by atoms with Gasteiger partial charge in [0.25, 0.3) is 0 Å². The van der Waals surface area contributed by atoms with Crippen molar-refractivity contribution >= 4 is 18.0 Å². The van der Waals surface area contributed by atoms with Gasteiger partial charge >= 0.3 is 11.8 Å². The van der Waals surface area contributed by atoms with Crippen LogP contribution in [0.25, 0.3) is 0 Å². The molecule has 0 spiro atoms. The molecule has 7 heteroatoms. The molecule has 0 bridgehead atoms. The normalized spacial score (nSPS) is 10.4. The van der Waals surface area contributed by atoms with Gasteiger partial charge in [-0.05, 0) is 44.5 Å². The van der Waals surface area contributed by atoms with Gasteiger partial charge in [-0.15, -0.1) is 0 Å². The van der Waals surface area contributed by atoms with Gasteiger partial charge in [-0.25, -0.2) is 5.43 Å². The van der Waals surface area contributed by atoms with E-state index in [-0.39, 0.29) is 0 Å². The van der Waals surface area contributed by atoms with Crippen molar-refractivity contribution in [2.24, 2.45) is 5.10 Å². The number of hydrazone groups is 1. The zero-order valence-electron chi connectivity index (χ0n) is 14.9. The fourth-order valence-electron chi connectivity index (χ4n) is 2.01. The number of rotatable bonds is 9. The molecule has 0 fully saturated rings. The maximum Gasteiger partial charge on any atom is 0.329 e. The number of nitrogens with one attached hydrogen (secondary N) is 1. The van der Waals surface area contributed by atoms with Gasteiger partial charge in [-0.2, -0.15) is 5.10 Å². The van der Waals surface area contributed by atoms with E-state index < -0.39 is 11.8 Å². The highest BCUT2D eigenvalue weighted by atomic mass is 16.5. The molecule has 0 saturated carbocycles. The van der Waals surface area contributed by atoms with Crippen molar-refractivity contribution in [2.75, 3.05) is 26.3 Å². The smallest absolute Gasteiger partial charge is 0.329 e. The molecule has 1 rings (SSSR count). The third-order valence-corrected chi connectivity index (χ3v) is 3.25. The number of carbonyl (C=O) groups is 2. The topological polar surface area (TPSA) is 80.2 Å². The van der Waals surface area contributed by atoms with Gasteiger partial charge in [-0.1, -0.05) is 12.7 Å². The summed E-state index contributed by atoms with van der Waals surface area (Å²) in [5, 5.41) is 3.82. The van der Waals surface area contributed by atoms with Crippen LogP contribution in [0.2, 0.25) is 0 Å². The maximum absolute atomic E-state index is 11.8. The van der Waals surface area contributed by atoms with Crippen LogP contribution in [0.5, 0.6) is 11.5 Å². The molecule has 0 aromatic heterocycles. The van der Waals surface area contributed by atoms with Crippen molar-refractivity contribution in [1.29, 1.82) is 0 Å². The Hall–Kier alpha value is -2.83. The average Bonchev–Trinajstić information content (AvgIpc) is 2.62. The van der Waals surface area contributed by atoms with E-state index in [4.69, 9.17) is 9.47 Å². The summed E-state index contributed by atoms with van der Waals surface area (Å²) in [6.45, 7) is 10.9. The molecule has 1 aromatic carbocycles. The van der Waals surface area contributed by atoms with Crippen LogP contribution in [0.15, 0.2) is 36.0 Å². The van der Waals surface area contributed by atoms with E-state index in [9.17, 15) is 9.59 Å². The first-order chi connectivity index (χ1) is 12.1. The van der Waals surface area contributed by atoms with E-state index in [0.717, 1.165) is 0 Å². The summed E-state index contributed by atoms with van der Waals surface area (Å²) in [4.78, 5) is 25.0. The number of nitrogens with zero attached hydrogens (tertiary/aromatic N) is 2. The average molecular weight is 347 g/mol. The second kappa shape index (κ2) is 10.9. The highest BCUT2D eigenvalue weighted by Gasteiger charge is 2.18. The van der Waals surface area contributed by atoms with Gasteiger partial charge in [0.1, 0.15) is 6.61 Å². The van der Waals surface area contributed by atoms with Crippen LogP contribution in [0.4, 0.5) is 0 Å². The number of hydrogen-bond donors (Lipinski definition) is 1. The fourth-order valence-corrected chi connectivity index (χ4v) is 2.01. The predicted molar refractivity (Wildman–Crippen MR) is 97.0 cm³/mol. The summed E-state index contributed by atoms with van der Waals surface area (Å²) in [6, 6.07) is 5.26. The van der Waals surface area contributed by atoms with E-state index in [1.54, 1.807) is 24.3 Å². The summed E-state index contributed by atoms with van der Waals surface area (Å²) in [5.41, 5.74) is 2.93. The molecule has 0 heterocycles. The molecule has 0 saturated heterocycles. The highest BCUT2D eigenvalue weighted by molar-refractivity contribution is 6.34. The van der Waals surface area contributed by atoms with E-state index >= 15 is 0 Å². The van der Waals surface area contributed by atoms with Crippen molar-refractivity contribution in [1.82, 2.24) is 10.3 Å². The van der Waals surface area contributed by atoms with Gasteiger partial charge in [0.2, 0.25) is 0 Å². The van der Waals surface area contributed by atoms with Gasteiger partial charge in [0.05, 0.1) is 12.8 Å². The molecular formula is C18H25N3O4. The molecular weight excluding hydrogens is 322 g/mol. The van der Waals surface area contributed by atoms with Gasteiger partial charge in [0, 0.05) is 13.1 Å². The molecule has 0 atom stereocenters. The Bertz CT molecular complexity index is 625. The Morgan fingerprint density at radius 2 is 1.92 bits per heavy atom. The van der Waals surface area contributed by atoms with E-state index in [1.807, 2.05) is 20.8 Å². The summed E-state index contributed by atoms with van der Waals surface area (Å²) in [7, 11) is 0. The molecule has 0 aliphatic carbocycles. The Morgan fingerprint density at radius 1 is 1.20 bits per heavy atom. The molecule has 1 aromatic rings. The molecule has 136 valence electrons. The van der Waals surface area contributed by atoms with Gasteiger partial charge in [-0.3, -0.25) is 9.59 Å². The summed E-state index contributed by atoms with van der Waals surface area (Å²) < 4.78 is 11.0. The number of amides is 2. The Kier molecular flexibility index (Phi) is 8.78. The molecule has 2 amide bonds. The predicted octanol–water partition coefficient (Wildman–Crippen LogP) is 1.97. The summed E-state index contributed by atoms with van der Waals surface area (Å²) in [6.07, 6.45) is 3.08. The second-order valence-corrected chi connectivity index (χ2v) is 4.92. The van der Waals surface area contributed by atoms with Crippen LogP contribution in [0.1, 0.15) is 26.3 Å². The minimum absolute atomic E-state index is 0.372. The second-order valence-electron chi connectivity index (χ2n) is 4.92. The monoisotopic (exact) mass is 347 g/mol. The first-order valence-corrected chi connectivity index (χ1v) is 8.20. The van der Waals surface area contributed by atoms with E-state index in [1.165, 1.54) is 11.1 Å². The molecule has 0 unspecified atom stereocenters. The van der Waals surface area contributed by atoms with Crippen LogP contribution in [-0.2, 0) is 9.59 Å². The van der Waals surface area contributed by atoms with Crippen LogP contribution < -0.4 is 14.9 Å². The van der Waals surface area contributed by atoms with Crippen molar-refractivity contribution in [3.63, 3.8) is 0 Å². The lowest BCUT2D eigenvalue weighted by molar-refractivity contribution is -0.145. The number of carbonyl (C=O) groups excluding carboxylic acids is 2. The Balaban J connectivity index is 2.76. The maximum atomic E-state index is 11.8. The first kappa shape index (κ1) is 20.2. The zero-order valence-corrected chi connectivity index (χ0v) is 14.9.